The highest BCUT2D eigenvalue weighted by molar-refractivity contribution is 7.16. The summed E-state index contributed by atoms with van der Waals surface area (Å²) in [5, 5.41) is 8.99. The van der Waals surface area contributed by atoms with Crippen LogP contribution < -0.4 is 5.32 Å². The molecule has 8 heteroatoms. The molecule has 19 heavy (non-hydrogen) atoms. The van der Waals surface area contributed by atoms with Gasteiger partial charge in [0.1, 0.15) is 0 Å². The van der Waals surface area contributed by atoms with Gasteiger partial charge in [-0.25, -0.2) is 8.78 Å². The summed E-state index contributed by atoms with van der Waals surface area (Å²) >= 11 is 2.08. The molecule has 0 aliphatic rings. The number of carbonyl (C=O) groups excluding carboxylic acids is 1. The fraction of sp³-hybridized carbons (Fsp3) is 0.364. The Morgan fingerprint density at radius 1 is 1.42 bits per heavy atom. The predicted molar refractivity (Wildman–Crippen MR) is 71.3 cm³/mol. The number of thiophene rings is 1. The van der Waals surface area contributed by atoms with Crippen molar-refractivity contribution in [2.75, 3.05) is 5.32 Å². The van der Waals surface area contributed by atoms with Crippen LogP contribution in [0.2, 0.25) is 0 Å². The van der Waals surface area contributed by atoms with E-state index in [1.54, 1.807) is 6.07 Å². The SMILES string of the molecule is CCc1sc(C(=O)Nc2nnc(C(F)F)s2)cc1C. The number of aryl methyl sites for hydroxylation is 2. The van der Waals surface area contributed by atoms with E-state index in [-0.39, 0.29) is 11.0 Å². The molecule has 2 aromatic rings. The van der Waals surface area contributed by atoms with Crippen LogP contribution >= 0.6 is 22.7 Å². The molecule has 4 nitrogen and oxygen atoms in total. The third-order valence-corrected chi connectivity index (χ3v) is 4.64. The van der Waals surface area contributed by atoms with E-state index in [1.165, 1.54) is 11.3 Å². The first-order valence-electron chi connectivity index (χ1n) is 5.53. The highest BCUT2D eigenvalue weighted by atomic mass is 32.1. The Hall–Kier alpha value is -1.41. The molecule has 0 saturated carbocycles. The molecular weight excluding hydrogens is 292 g/mol. The van der Waals surface area contributed by atoms with Gasteiger partial charge in [0.2, 0.25) is 5.13 Å². The van der Waals surface area contributed by atoms with Gasteiger partial charge < -0.3 is 0 Å². The lowest BCUT2D eigenvalue weighted by Gasteiger charge is -1.96. The van der Waals surface area contributed by atoms with Crippen LogP contribution in [0, 0.1) is 6.92 Å². The van der Waals surface area contributed by atoms with Crippen molar-refractivity contribution >= 4 is 33.7 Å². The van der Waals surface area contributed by atoms with Gasteiger partial charge in [-0.2, -0.15) is 0 Å². The Labute approximate surface area is 116 Å². The van der Waals surface area contributed by atoms with Crippen LogP contribution in [0.4, 0.5) is 13.9 Å². The van der Waals surface area contributed by atoms with E-state index in [9.17, 15) is 13.6 Å². The van der Waals surface area contributed by atoms with Crippen molar-refractivity contribution < 1.29 is 13.6 Å². The van der Waals surface area contributed by atoms with Gasteiger partial charge in [-0.15, -0.1) is 21.5 Å². The lowest BCUT2D eigenvalue weighted by atomic mass is 10.2. The van der Waals surface area contributed by atoms with Crippen molar-refractivity contribution in [2.24, 2.45) is 0 Å². The van der Waals surface area contributed by atoms with Gasteiger partial charge in [0.05, 0.1) is 4.88 Å². The average Bonchev–Trinajstić information content (AvgIpc) is 2.95. The zero-order chi connectivity index (χ0) is 14.0. The number of alkyl halides is 2. The van der Waals surface area contributed by atoms with Crippen LogP contribution in [0.3, 0.4) is 0 Å². The van der Waals surface area contributed by atoms with Crippen LogP contribution in [0.15, 0.2) is 6.07 Å². The van der Waals surface area contributed by atoms with Crippen LogP contribution in [-0.4, -0.2) is 16.1 Å². The Morgan fingerprint density at radius 2 is 2.16 bits per heavy atom. The lowest BCUT2D eigenvalue weighted by molar-refractivity contribution is 0.103. The molecule has 2 rings (SSSR count). The first-order valence-corrected chi connectivity index (χ1v) is 7.16. The predicted octanol–water partition coefficient (Wildman–Crippen LogP) is 3.66. The summed E-state index contributed by atoms with van der Waals surface area (Å²) in [5.41, 5.74) is 1.06. The molecule has 1 N–H and O–H groups in total. The summed E-state index contributed by atoms with van der Waals surface area (Å²) in [7, 11) is 0. The van der Waals surface area contributed by atoms with Crippen LogP contribution in [-0.2, 0) is 6.42 Å². The molecule has 2 heterocycles. The van der Waals surface area contributed by atoms with Crippen molar-refractivity contribution in [3.63, 3.8) is 0 Å². The minimum atomic E-state index is -2.67. The first-order chi connectivity index (χ1) is 9.01. The highest BCUT2D eigenvalue weighted by Crippen LogP contribution is 2.27. The molecule has 0 saturated heterocycles. The smallest absolute Gasteiger partial charge is 0.291 e. The van der Waals surface area contributed by atoms with E-state index in [0.29, 0.717) is 16.2 Å². The van der Waals surface area contributed by atoms with Crippen LogP contribution in [0.5, 0.6) is 0 Å². The molecule has 0 atom stereocenters. The Kier molecular flexibility index (Phi) is 4.20. The molecule has 0 spiro atoms. The van der Waals surface area contributed by atoms with E-state index in [1.807, 2.05) is 13.8 Å². The van der Waals surface area contributed by atoms with Gasteiger partial charge in [0.25, 0.3) is 12.3 Å². The fourth-order valence-electron chi connectivity index (χ4n) is 1.51. The maximum atomic E-state index is 12.3. The van der Waals surface area contributed by atoms with E-state index < -0.39 is 11.4 Å². The normalized spacial score (nSPS) is 11.0. The van der Waals surface area contributed by atoms with Crippen LogP contribution in [0.25, 0.3) is 0 Å². The monoisotopic (exact) mass is 303 g/mol. The molecule has 0 bridgehead atoms. The maximum Gasteiger partial charge on any atom is 0.291 e. The third-order valence-electron chi connectivity index (χ3n) is 2.41. The topological polar surface area (TPSA) is 54.9 Å². The van der Waals surface area contributed by atoms with Crippen molar-refractivity contribution in [2.45, 2.75) is 26.7 Å². The summed E-state index contributed by atoms with van der Waals surface area (Å²) in [6.45, 7) is 3.95. The lowest BCUT2D eigenvalue weighted by Crippen LogP contribution is -2.09. The van der Waals surface area contributed by atoms with E-state index in [0.717, 1.165) is 16.9 Å². The van der Waals surface area contributed by atoms with Gasteiger partial charge in [-0.1, -0.05) is 18.3 Å². The molecule has 0 radical (unpaired) electrons. The zero-order valence-electron chi connectivity index (χ0n) is 10.2. The van der Waals surface area contributed by atoms with Crippen molar-refractivity contribution in [1.29, 1.82) is 0 Å². The molecule has 102 valence electrons. The van der Waals surface area contributed by atoms with E-state index >= 15 is 0 Å². The van der Waals surface area contributed by atoms with Crippen molar-refractivity contribution in [1.82, 2.24) is 10.2 Å². The molecule has 0 aromatic carbocycles. The Balaban J connectivity index is 2.11. The number of amides is 1. The summed E-state index contributed by atoms with van der Waals surface area (Å²) < 4.78 is 24.7. The maximum absolute atomic E-state index is 12.3. The average molecular weight is 303 g/mol. The van der Waals surface area contributed by atoms with Gasteiger partial charge in [0.15, 0.2) is 5.01 Å². The van der Waals surface area contributed by atoms with Crippen LogP contribution in [0.1, 0.15) is 38.5 Å². The number of nitrogens with zero attached hydrogens (tertiary/aromatic N) is 2. The second-order valence-electron chi connectivity index (χ2n) is 3.77. The molecule has 0 unspecified atom stereocenters. The number of aromatic nitrogens is 2. The third kappa shape index (κ3) is 3.13. The van der Waals surface area contributed by atoms with Gasteiger partial charge in [0, 0.05) is 4.88 Å². The van der Waals surface area contributed by atoms with Crippen molar-refractivity contribution in [3.05, 3.63) is 26.4 Å². The van der Waals surface area contributed by atoms with E-state index in [2.05, 4.69) is 15.5 Å². The van der Waals surface area contributed by atoms with Gasteiger partial charge in [-0.05, 0) is 25.0 Å². The fourth-order valence-corrected chi connectivity index (χ4v) is 3.12. The number of rotatable bonds is 4. The number of halogens is 2. The molecule has 0 aliphatic heterocycles. The molecule has 0 fully saturated rings. The van der Waals surface area contributed by atoms with Crippen molar-refractivity contribution in [3.8, 4) is 0 Å². The van der Waals surface area contributed by atoms with Gasteiger partial charge >= 0.3 is 0 Å². The summed E-state index contributed by atoms with van der Waals surface area (Å²) in [4.78, 5) is 13.6. The summed E-state index contributed by atoms with van der Waals surface area (Å²) in [5.74, 6) is -0.343. The number of hydrogen-bond donors (Lipinski definition) is 1. The largest absolute Gasteiger partial charge is 0.296 e. The Bertz CT molecular complexity index is 595. The second-order valence-corrected chi connectivity index (χ2v) is 5.92. The first kappa shape index (κ1) is 14.0. The summed E-state index contributed by atoms with van der Waals surface area (Å²) in [6.07, 6.45) is -1.81. The molecule has 1 amide bonds. The minimum absolute atomic E-state index is 0.0874. The zero-order valence-corrected chi connectivity index (χ0v) is 11.9. The minimum Gasteiger partial charge on any atom is -0.296 e. The highest BCUT2D eigenvalue weighted by Gasteiger charge is 2.17. The standard InChI is InChI=1S/C11H11F2N3OS2/c1-3-6-5(2)4-7(18-6)9(17)14-11-16-15-10(19-11)8(12)13/h4,8H,3H2,1-2H3,(H,14,16,17). The number of nitrogens with one attached hydrogen (secondary N) is 1. The quantitative estimate of drug-likeness (QED) is 0.937. The number of anilines is 1. The molecular formula is C11H11F2N3OS2. The summed E-state index contributed by atoms with van der Waals surface area (Å²) in [6, 6.07) is 1.79. The molecule has 2 aromatic heterocycles. The van der Waals surface area contributed by atoms with Gasteiger partial charge in [-0.3, -0.25) is 10.1 Å². The number of carbonyl (C=O) groups is 1. The second kappa shape index (κ2) is 5.70. The molecule has 0 aliphatic carbocycles. The number of hydrogen-bond acceptors (Lipinski definition) is 5. The Morgan fingerprint density at radius 3 is 2.68 bits per heavy atom. The van der Waals surface area contributed by atoms with E-state index in [4.69, 9.17) is 0 Å².